The maximum Gasteiger partial charge on any atom is 0.0379 e. The third kappa shape index (κ3) is 754. The first-order chi connectivity index (χ1) is 5.46. The monoisotopic (exact) mass is 323 g/mol. The van der Waals surface area contributed by atoms with E-state index in [1.54, 1.807) is 0 Å². The molecule has 0 amide bonds. The molecule has 0 spiro atoms. The van der Waals surface area contributed by atoms with Gasteiger partial charge in [-0.05, 0) is 0 Å². The van der Waals surface area contributed by atoms with Crippen molar-refractivity contribution in [3.8, 4) is 0 Å². The Kier molecular flexibility index (Phi) is 26.1. The van der Waals surface area contributed by atoms with E-state index in [9.17, 15) is 0 Å². The SMILES string of the molecule is C[Si](C)(C)[NH-].C[Si](C)C.C[Si](C)C.[Y]. The van der Waals surface area contributed by atoms with E-state index in [0.29, 0.717) is 0 Å². The number of hydrogen-bond acceptors (Lipinski definition) is 0. The molecule has 0 bridgehead atoms. The van der Waals surface area contributed by atoms with Gasteiger partial charge in [0.1, 0.15) is 0 Å². The van der Waals surface area contributed by atoms with Gasteiger partial charge in [0.25, 0.3) is 0 Å². The second-order valence-corrected chi connectivity index (χ2v) is 15.8. The molecule has 0 saturated carbocycles. The van der Waals surface area contributed by atoms with Gasteiger partial charge in [0.15, 0.2) is 0 Å². The zero-order valence-corrected chi connectivity index (χ0v) is 17.4. The summed E-state index contributed by atoms with van der Waals surface area (Å²) >= 11 is 0. The van der Waals surface area contributed by atoms with Crippen molar-refractivity contribution in [2.24, 2.45) is 0 Å². The van der Waals surface area contributed by atoms with Gasteiger partial charge in [0.2, 0.25) is 0 Å². The van der Waals surface area contributed by atoms with E-state index in [1.165, 1.54) is 0 Å². The summed E-state index contributed by atoms with van der Waals surface area (Å²) in [4.78, 5) is 0. The molecule has 0 rings (SSSR count). The zero-order valence-electron chi connectivity index (χ0n) is 11.6. The van der Waals surface area contributed by atoms with E-state index >= 15 is 0 Å². The van der Waals surface area contributed by atoms with Crippen LogP contribution in [0, 0.1) is 0 Å². The van der Waals surface area contributed by atoms with Crippen LogP contribution in [0.1, 0.15) is 0 Å². The number of nitrogens with one attached hydrogen (secondary N) is 1. The summed E-state index contributed by atoms with van der Waals surface area (Å²) in [6.07, 6.45) is 0. The Labute approximate surface area is 122 Å². The van der Waals surface area contributed by atoms with Crippen molar-refractivity contribution in [3.63, 3.8) is 0 Å². The van der Waals surface area contributed by atoms with Crippen LogP contribution in [-0.4, -0.2) is 25.8 Å². The second kappa shape index (κ2) is 14.7. The van der Waals surface area contributed by atoms with Crippen molar-refractivity contribution in [1.82, 2.24) is 0 Å². The summed E-state index contributed by atoms with van der Waals surface area (Å²) in [5.74, 6) is 0. The normalized spacial score (nSPS) is 9.43. The summed E-state index contributed by atoms with van der Waals surface area (Å²) in [6.45, 7) is 19.6. The van der Waals surface area contributed by atoms with Gasteiger partial charge in [0.05, 0.1) is 0 Å². The predicted molar refractivity (Wildman–Crippen MR) is 74.4 cm³/mol. The molecule has 0 aromatic heterocycles. The van der Waals surface area contributed by atoms with Crippen molar-refractivity contribution in [3.05, 3.63) is 5.40 Å². The average molecular weight is 323 g/mol. The Morgan fingerprint density at radius 1 is 0.714 bits per heavy atom. The molecule has 0 atom stereocenters. The van der Waals surface area contributed by atoms with Crippen LogP contribution >= 0.6 is 0 Å². The molecule has 0 saturated heterocycles. The van der Waals surface area contributed by atoms with Gasteiger partial charge < -0.3 is 5.40 Å². The van der Waals surface area contributed by atoms with Gasteiger partial charge in [-0.2, -0.15) is 0 Å². The first kappa shape index (κ1) is 24.8. The smallest absolute Gasteiger partial charge is 0.0379 e. The van der Waals surface area contributed by atoms with E-state index in [0.717, 1.165) is 0 Å². The Balaban J connectivity index is -0.0000000522. The van der Waals surface area contributed by atoms with Gasteiger partial charge in [-0.3, -0.25) is 0 Å². The average Bonchev–Trinajstić information content (AvgIpc) is 1.50. The molecule has 85 valence electrons. The van der Waals surface area contributed by atoms with Crippen LogP contribution in [0.3, 0.4) is 0 Å². The first-order valence-corrected chi connectivity index (χ1v) is 14.2. The number of hydrogen-bond donors (Lipinski definition) is 0. The Bertz CT molecular complexity index is 75.0. The van der Waals surface area contributed by atoms with Crippen LogP contribution < -0.4 is 0 Å². The maximum absolute atomic E-state index is 7.08. The van der Waals surface area contributed by atoms with E-state index in [2.05, 4.69) is 39.3 Å². The molecule has 0 fully saturated rings. The van der Waals surface area contributed by atoms with Gasteiger partial charge in [-0.15, -0.1) is 0 Å². The van der Waals surface area contributed by atoms with Gasteiger partial charge in [0, 0.05) is 50.3 Å². The van der Waals surface area contributed by atoms with E-state index < -0.39 is 8.24 Å². The standard InChI is InChI=1S/C3H10NSi.2C3H9Si.Y/c1-5(2,3)4;2*1-4(2)3;/h4H,1-3H3;2*1-3H3;/q-1;;;. The van der Waals surface area contributed by atoms with Crippen LogP contribution in [0.4, 0.5) is 0 Å². The van der Waals surface area contributed by atoms with Crippen LogP contribution in [0.5, 0.6) is 0 Å². The fourth-order valence-electron chi connectivity index (χ4n) is 0. The van der Waals surface area contributed by atoms with Crippen molar-refractivity contribution in [2.45, 2.75) is 58.9 Å². The molecule has 0 heterocycles. The minimum absolute atomic E-state index is 0. The minimum atomic E-state index is -1.36. The molecule has 1 N–H and O–H groups in total. The molecular weight excluding hydrogens is 295 g/mol. The van der Waals surface area contributed by atoms with Gasteiger partial charge in [-0.25, -0.2) is 0 Å². The van der Waals surface area contributed by atoms with E-state index in [1.807, 2.05) is 19.6 Å². The van der Waals surface area contributed by atoms with E-state index in [-0.39, 0.29) is 50.3 Å². The summed E-state index contributed by atoms with van der Waals surface area (Å²) in [5.41, 5.74) is 0. The molecule has 3 radical (unpaired) electrons. The van der Waals surface area contributed by atoms with Crippen LogP contribution in [0.15, 0.2) is 0 Å². The largest absolute Gasteiger partial charge is 0.680 e. The summed E-state index contributed by atoms with van der Waals surface area (Å²) in [6, 6.07) is 0. The molecule has 0 unspecified atom stereocenters. The third-order valence-electron chi connectivity index (χ3n) is 0. The first-order valence-electron chi connectivity index (χ1n) is 4.75. The molecular formula is C9H28NSi3Y-. The molecule has 0 aromatic rings. The molecule has 1 nitrogen and oxygen atoms in total. The van der Waals surface area contributed by atoms with Gasteiger partial charge >= 0.3 is 0 Å². The summed E-state index contributed by atoms with van der Waals surface area (Å²) < 4.78 is 0. The third-order valence-corrected chi connectivity index (χ3v) is 0. The van der Waals surface area contributed by atoms with Crippen molar-refractivity contribution in [2.75, 3.05) is 0 Å². The van der Waals surface area contributed by atoms with Crippen molar-refractivity contribution < 1.29 is 32.7 Å². The minimum Gasteiger partial charge on any atom is -0.680 e. The Morgan fingerprint density at radius 3 is 0.714 bits per heavy atom. The van der Waals surface area contributed by atoms with E-state index in [4.69, 9.17) is 5.40 Å². The van der Waals surface area contributed by atoms with Crippen LogP contribution in [0.2, 0.25) is 58.9 Å². The Morgan fingerprint density at radius 2 is 0.714 bits per heavy atom. The van der Waals surface area contributed by atoms with Crippen molar-refractivity contribution in [1.29, 1.82) is 0 Å². The Hall–Kier alpha value is 1.71. The fourth-order valence-corrected chi connectivity index (χ4v) is 0. The molecule has 14 heavy (non-hydrogen) atoms. The molecule has 0 aromatic carbocycles. The molecule has 0 aliphatic heterocycles. The second-order valence-electron chi connectivity index (χ2n) is 5.25. The topological polar surface area (TPSA) is 23.8 Å². The quantitative estimate of drug-likeness (QED) is 0.581. The van der Waals surface area contributed by atoms with Crippen LogP contribution in [-0.2, 0) is 32.7 Å². The summed E-state index contributed by atoms with van der Waals surface area (Å²) in [7, 11) is -1.12. The predicted octanol–water partition coefficient (Wildman–Crippen LogP) is 4.61. The maximum atomic E-state index is 7.08. The molecule has 5 heteroatoms. The number of rotatable bonds is 0. The van der Waals surface area contributed by atoms with Crippen molar-refractivity contribution >= 4 is 25.8 Å². The molecule has 0 aliphatic carbocycles. The van der Waals surface area contributed by atoms with Gasteiger partial charge in [-0.1, -0.05) is 67.2 Å². The van der Waals surface area contributed by atoms with Crippen LogP contribution in [0.25, 0.3) is 5.40 Å². The zero-order chi connectivity index (χ0) is 11.7. The fraction of sp³-hybridized carbons (Fsp3) is 1.00. The summed E-state index contributed by atoms with van der Waals surface area (Å²) in [5, 5.41) is 7.08. The molecule has 0 aliphatic rings.